The number of methoxy groups -OCH3 is 1. The molecule has 5 nitrogen and oxygen atoms in total. The van der Waals surface area contributed by atoms with E-state index in [4.69, 9.17) is 4.74 Å². The molecule has 2 aromatic carbocycles. The average molecular weight is 313 g/mol. The lowest BCUT2D eigenvalue weighted by Crippen LogP contribution is -3.00. The third-order valence-corrected chi connectivity index (χ3v) is 4.48. The van der Waals surface area contributed by atoms with Crippen molar-refractivity contribution >= 4 is 5.97 Å². The van der Waals surface area contributed by atoms with Crippen molar-refractivity contribution in [3.05, 3.63) is 59.2 Å². The van der Waals surface area contributed by atoms with Gasteiger partial charge in [-0.05, 0) is 23.3 Å². The fraction of sp³-hybridized carbons (Fsp3) is 0.278. The Morgan fingerprint density at radius 3 is 2.74 bits per heavy atom. The van der Waals surface area contributed by atoms with Gasteiger partial charge in [0, 0.05) is 18.4 Å². The van der Waals surface area contributed by atoms with Crippen molar-refractivity contribution in [3.8, 4) is 11.5 Å². The highest BCUT2D eigenvalue weighted by atomic mass is 16.5. The number of aliphatic carboxylic acids is 1. The van der Waals surface area contributed by atoms with Crippen molar-refractivity contribution in [2.75, 3.05) is 13.7 Å². The van der Waals surface area contributed by atoms with Crippen LogP contribution in [0.5, 0.6) is 11.5 Å². The Morgan fingerprint density at radius 1 is 1.35 bits per heavy atom. The number of carboxylic acids is 1. The molecule has 3 rings (SSSR count). The van der Waals surface area contributed by atoms with Crippen molar-refractivity contribution in [1.29, 1.82) is 0 Å². The smallest absolute Gasteiger partial charge is 0.166 e. The number of carboxylic acid groups (broad SMARTS) is 1. The van der Waals surface area contributed by atoms with E-state index in [2.05, 4.69) is 0 Å². The molecule has 1 atom stereocenters. The van der Waals surface area contributed by atoms with Crippen molar-refractivity contribution in [3.63, 3.8) is 0 Å². The summed E-state index contributed by atoms with van der Waals surface area (Å²) < 4.78 is 5.13. The number of ether oxygens (including phenoxy) is 1. The predicted molar refractivity (Wildman–Crippen MR) is 82.0 cm³/mol. The van der Waals surface area contributed by atoms with E-state index < -0.39 is 11.5 Å². The summed E-state index contributed by atoms with van der Waals surface area (Å²) in [5.74, 6) is -0.843. The minimum Gasteiger partial charge on any atom is -0.543 e. The molecule has 5 heteroatoms. The van der Waals surface area contributed by atoms with E-state index in [9.17, 15) is 15.0 Å². The molecule has 2 aromatic rings. The van der Waals surface area contributed by atoms with Crippen LogP contribution in [0.4, 0.5) is 0 Å². The molecule has 1 aliphatic rings. The second kappa shape index (κ2) is 5.93. The van der Waals surface area contributed by atoms with Crippen molar-refractivity contribution in [1.82, 2.24) is 0 Å². The monoisotopic (exact) mass is 313 g/mol. The van der Waals surface area contributed by atoms with Crippen LogP contribution in [0.1, 0.15) is 16.7 Å². The number of benzene rings is 2. The molecule has 1 heterocycles. The number of aromatic hydroxyl groups is 1. The number of phenols is 1. The Hall–Kier alpha value is -2.53. The third kappa shape index (κ3) is 2.64. The molecule has 0 fully saturated rings. The van der Waals surface area contributed by atoms with Crippen LogP contribution in [0, 0.1) is 0 Å². The zero-order valence-corrected chi connectivity index (χ0v) is 12.9. The van der Waals surface area contributed by atoms with Crippen LogP contribution in [0.25, 0.3) is 0 Å². The predicted octanol–water partition coefficient (Wildman–Crippen LogP) is -0.292. The Balaban J connectivity index is 2.13. The number of hydrogen-bond acceptors (Lipinski definition) is 4. The second-order valence-corrected chi connectivity index (χ2v) is 5.85. The topological polar surface area (TPSA) is 86.2 Å². The molecule has 0 spiro atoms. The quantitative estimate of drug-likeness (QED) is 0.812. The van der Waals surface area contributed by atoms with Crippen molar-refractivity contribution in [2.24, 2.45) is 0 Å². The van der Waals surface area contributed by atoms with Crippen molar-refractivity contribution in [2.45, 2.75) is 18.4 Å². The lowest BCUT2D eigenvalue weighted by atomic mass is 9.78. The number of nitrogens with two attached hydrogens (primary N) is 1. The molecule has 0 saturated heterocycles. The van der Waals surface area contributed by atoms with E-state index in [1.165, 1.54) is 13.2 Å². The summed E-state index contributed by atoms with van der Waals surface area (Å²) in [4.78, 5) is 12.1. The van der Waals surface area contributed by atoms with Gasteiger partial charge in [0.2, 0.25) is 0 Å². The van der Waals surface area contributed by atoms with Gasteiger partial charge in [-0.2, -0.15) is 0 Å². The summed E-state index contributed by atoms with van der Waals surface area (Å²) in [6.45, 7) is 0.641. The first kappa shape index (κ1) is 15.4. The van der Waals surface area contributed by atoms with Gasteiger partial charge in [-0.3, -0.25) is 0 Å². The Kier molecular flexibility index (Phi) is 3.96. The molecule has 120 valence electrons. The summed E-state index contributed by atoms with van der Waals surface area (Å²) in [6.07, 6.45) is 1.02. The first-order valence-electron chi connectivity index (χ1n) is 7.57. The van der Waals surface area contributed by atoms with Crippen LogP contribution >= 0.6 is 0 Å². The number of rotatable bonds is 4. The average Bonchev–Trinajstić information content (AvgIpc) is 2.55. The minimum absolute atomic E-state index is 0.0553. The molecule has 0 unspecified atom stereocenters. The fourth-order valence-electron chi connectivity index (χ4n) is 3.33. The van der Waals surface area contributed by atoms with Crippen LogP contribution in [0.15, 0.2) is 42.5 Å². The molecule has 0 amide bonds. The number of fused-ring (bicyclic) bond motifs is 1. The number of carbonyl (C=O) groups is 1. The maximum atomic E-state index is 12.1. The SMILES string of the molecule is COc1cc2c(cc1O)[C@](Cc1ccccc1)(C(=O)[O-])[NH2+]CC2. The highest BCUT2D eigenvalue weighted by molar-refractivity contribution is 5.79. The van der Waals surface area contributed by atoms with Crippen LogP contribution in [-0.2, 0) is 23.2 Å². The van der Waals surface area contributed by atoms with Crippen molar-refractivity contribution < 1.29 is 25.1 Å². The van der Waals surface area contributed by atoms with Crippen LogP contribution in [0.3, 0.4) is 0 Å². The molecule has 0 aromatic heterocycles. The molecule has 3 N–H and O–H groups in total. The molecule has 0 aliphatic carbocycles. The number of carbonyl (C=O) groups excluding carboxylic acids is 1. The standard InChI is InChI=1S/C18H19NO4/c1-23-16-9-13-7-8-19-18(17(21)22,14(13)10-15(16)20)11-12-5-3-2-4-6-12/h2-6,9-10,19-20H,7-8,11H2,1H3,(H,21,22)/t18-/m1/s1. The maximum absolute atomic E-state index is 12.1. The van der Waals surface area contributed by atoms with Gasteiger partial charge in [-0.1, -0.05) is 30.3 Å². The normalized spacial score (nSPS) is 19.9. The first-order valence-corrected chi connectivity index (χ1v) is 7.57. The molecule has 0 bridgehead atoms. The van der Waals surface area contributed by atoms with Gasteiger partial charge in [-0.15, -0.1) is 0 Å². The molecule has 0 saturated carbocycles. The first-order chi connectivity index (χ1) is 11.1. The van der Waals surface area contributed by atoms with E-state index >= 15 is 0 Å². The van der Waals surface area contributed by atoms with Gasteiger partial charge in [0.15, 0.2) is 17.0 Å². The zero-order chi connectivity index (χ0) is 16.4. The molecular formula is C18H19NO4. The Bertz CT molecular complexity index is 729. The number of quaternary nitrogens is 1. The molecule has 1 aliphatic heterocycles. The molecule has 23 heavy (non-hydrogen) atoms. The summed E-state index contributed by atoms with van der Waals surface area (Å²) in [5.41, 5.74) is 1.14. The van der Waals surface area contributed by atoms with Crippen LogP contribution in [0.2, 0.25) is 0 Å². The summed E-state index contributed by atoms with van der Waals surface area (Å²) in [5, 5.41) is 23.9. The van der Waals surface area contributed by atoms with E-state index in [1.807, 2.05) is 30.3 Å². The molecule has 0 radical (unpaired) electrons. The third-order valence-electron chi connectivity index (χ3n) is 4.48. The van der Waals surface area contributed by atoms with Crippen LogP contribution in [-0.4, -0.2) is 24.7 Å². The Labute approximate surface area is 134 Å². The van der Waals surface area contributed by atoms with E-state index in [0.29, 0.717) is 24.3 Å². The summed E-state index contributed by atoms with van der Waals surface area (Å²) >= 11 is 0. The number of phenolic OH excluding ortho intramolecular Hbond substituents is 1. The maximum Gasteiger partial charge on any atom is 0.166 e. The van der Waals surface area contributed by atoms with E-state index in [1.54, 1.807) is 11.4 Å². The van der Waals surface area contributed by atoms with Crippen LogP contribution < -0.4 is 15.2 Å². The fourth-order valence-corrected chi connectivity index (χ4v) is 3.33. The largest absolute Gasteiger partial charge is 0.543 e. The van der Waals surface area contributed by atoms with Gasteiger partial charge in [0.05, 0.1) is 13.7 Å². The highest BCUT2D eigenvalue weighted by Crippen LogP contribution is 2.36. The van der Waals surface area contributed by atoms with Gasteiger partial charge in [0.1, 0.15) is 5.97 Å². The van der Waals surface area contributed by atoms with Gasteiger partial charge < -0.3 is 25.1 Å². The number of hydrogen-bond donors (Lipinski definition) is 2. The lowest BCUT2D eigenvalue weighted by Gasteiger charge is -2.38. The highest BCUT2D eigenvalue weighted by Gasteiger charge is 2.43. The van der Waals surface area contributed by atoms with E-state index in [0.717, 1.165) is 17.5 Å². The zero-order valence-electron chi connectivity index (χ0n) is 12.9. The molecular weight excluding hydrogens is 294 g/mol. The minimum atomic E-state index is -1.24. The Morgan fingerprint density at radius 2 is 2.09 bits per heavy atom. The van der Waals surface area contributed by atoms with Gasteiger partial charge in [-0.25, -0.2) is 0 Å². The summed E-state index contributed by atoms with van der Waals surface area (Å²) in [6, 6.07) is 12.7. The second-order valence-electron chi connectivity index (χ2n) is 5.85. The van der Waals surface area contributed by atoms with Gasteiger partial charge >= 0.3 is 0 Å². The van der Waals surface area contributed by atoms with E-state index in [-0.39, 0.29) is 5.75 Å². The summed E-state index contributed by atoms with van der Waals surface area (Å²) in [7, 11) is 1.48. The lowest BCUT2D eigenvalue weighted by molar-refractivity contribution is -0.731. The van der Waals surface area contributed by atoms with Gasteiger partial charge in [0.25, 0.3) is 0 Å².